The molecular weight excluding hydrogens is 306 g/mol. The van der Waals surface area contributed by atoms with Gasteiger partial charge in [0.05, 0.1) is 4.34 Å². The third-order valence-corrected chi connectivity index (χ3v) is 6.09. The Hall–Kier alpha value is -0.180. The van der Waals surface area contributed by atoms with Crippen LogP contribution in [0.5, 0.6) is 0 Å². The average molecular weight is 324 g/mol. The van der Waals surface area contributed by atoms with Crippen molar-refractivity contribution in [3.8, 4) is 0 Å². The Morgan fingerprint density at radius 2 is 2.11 bits per heavy atom. The first-order valence-electron chi connectivity index (χ1n) is 6.20. The number of nitrogens with one attached hydrogen (secondary N) is 1. The molecule has 3 N–H and O–H groups in total. The Balaban J connectivity index is 1.88. The predicted molar refractivity (Wildman–Crippen MR) is 78.4 cm³/mol. The van der Waals surface area contributed by atoms with E-state index < -0.39 is 10.2 Å². The van der Waals surface area contributed by atoms with E-state index in [-0.39, 0.29) is 6.54 Å². The molecule has 0 amide bonds. The number of halogens is 1. The Bertz CT molecular complexity index is 510. The van der Waals surface area contributed by atoms with Gasteiger partial charge in [0.25, 0.3) is 10.2 Å². The first-order chi connectivity index (χ1) is 9.01. The molecule has 1 aromatic heterocycles. The minimum Gasteiger partial charge on any atom is -0.330 e. The number of thiophene rings is 1. The lowest BCUT2D eigenvalue weighted by Gasteiger charge is -2.30. The smallest absolute Gasteiger partial charge is 0.279 e. The van der Waals surface area contributed by atoms with Crippen LogP contribution < -0.4 is 10.5 Å². The molecule has 5 nitrogen and oxygen atoms in total. The number of piperidine rings is 1. The molecule has 1 aliphatic rings. The van der Waals surface area contributed by atoms with Gasteiger partial charge < -0.3 is 5.73 Å². The van der Waals surface area contributed by atoms with Crippen LogP contribution in [-0.4, -0.2) is 32.4 Å². The normalized spacial score (nSPS) is 18.8. The van der Waals surface area contributed by atoms with Gasteiger partial charge in [-0.2, -0.15) is 17.4 Å². The number of nitrogens with zero attached hydrogens (tertiary/aromatic N) is 1. The van der Waals surface area contributed by atoms with E-state index in [0.29, 0.717) is 29.9 Å². The Labute approximate surface area is 122 Å². The minimum atomic E-state index is -3.40. The molecule has 0 bridgehead atoms. The number of nitrogens with two attached hydrogens (primary N) is 1. The zero-order valence-corrected chi connectivity index (χ0v) is 12.9. The molecule has 2 heterocycles. The first kappa shape index (κ1) is 15.2. The molecule has 0 saturated carbocycles. The topological polar surface area (TPSA) is 75.4 Å². The lowest BCUT2D eigenvalue weighted by atomic mass is 9.99. The van der Waals surface area contributed by atoms with Crippen LogP contribution in [0.15, 0.2) is 12.1 Å². The standard InChI is InChI=1S/C11H18ClN3O2S2/c12-11-2-1-10(18-11)8-14-19(16,17)15-5-3-9(7-13)4-6-15/h1-2,9,14H,3-8,13H2. The summed E-state index contributed by atoms with van der Waals surface area (Å²) in [7, 11) is -3.40. The fourth-order valence-electron chi connectivity index (χ4n) is 2.09. The molecule has 0 aliphatic carbocycles. The highest BCUT2D eigenvalue weighted by Gasteiger charge is 2.27. The highest BCUT2D eigenvalue weighted by molar-refractivity contribution is 7.87. The van der Waals surface area contributed by atoms with Gasteiger partial charge in [-0.15, -0.1) is 11.3 Å². The summed E-state index contributed by atoms with van der Waals surface area (Å²) in [6.07, 6.45) is 1.67. The van der Waals surface area contributed by atoms with Gasteiger partial charge in [-0.1, -0.05) is 11.6 Å². The van der Waals surface area contributed by atoms with Crippen LogP contribution in [0.2, 0.25) is 4.34 Å². The van der Waals surface area contributed by atoms with E-state index in [1.54, 1.807) is 6.07 Å². The summed E-state index contributed by atoms with van der Waals surface area (Å²) in [5, 5.41) is 0. The molecule has 1 fully saturated rings. The maximum Gasteiger partial charge on any atom is 0.279 e. The van der Waals surface area contributed by atoms with Crippen molar-refractivity contribution in [1.29, 1.82) is 0 Å². The van der Waals surface area contributed by atoms with Crippen LogP contribution in [0.3, 0.4) is 0 Å². The molecule has 0 atom stereocenters. The van der Waals surface area contributed by atoms with E-state index in [4.69, 9.17) is 17.3 Å². The van der Waals surface area contributed by atoms with Crippen LogP contribution in [-0.2, 0) is 16.8 Å². The third-order valence-electron chi connectivity index (χ3n) is 3.30. The lowest BCUT2D eigenvalue weighted by molar-refractivity contribution is 0.276. The minimum absolute atomic E-state index is 0.288. The van der Waals surface area contributed by atoms with Crippen molar-refractivity contribution in [1.82, 2.24) is 9.03 Å². The van der Waals surface area contributed by atoms with Gasteiger partial charge in [0.15, 0.2) is 0 Å². The van der Waals surface area contributed by atoms with Crippen LogP contribution in [0, 0.1) is 5.92 Å². The van der Waals surface area contributed by atoms with Crippen LogP contribution in [0.4, 0.5) is 0 Å². The zero-order valence-electron chi connectivity index (χ0n) is 10.5. The first-order valence-corrected chi connectivity index (χ1v) is 8.84. The largest absolute Gasteiger partial charge is 0.330 e. The average Bonchev–Trinajstić information content (AvgIpc) is 2.82. The summed E-state index contributed by atoms with van der Waals surface area (Å²) in [6, 6.07) is 3.60. The number of hydrogen-bond acceptors (Lipinski definition) is 4. The van der Waals surface area contributed by atoms with E-state index >= 15 is 0 Å². The summed E-state index contributed by atoms with van der Waals surface area (Å²) < 4.78 is 29.0. The van der Waals surface area contributed by atoms with Gasteiger partial charge in [0.1, 0.15) is 0 Å². The predicted octanol–water partition coefficient (Wildman–Crippen LogP) is 1.41. The van der Waals surface area contributed by atoms with E-state index in [0.717, 1.165) is 17.7 Å². The van der Waals surface area contributed by atoms with E-state index in [1.165, 1.54) is 15.6 Å². The second-order valence-electron chi connectivity index (χ2n) is 4.61. The molecule has 1 saturated heterocycles. The second kappa shape index (κ2) is 6.51. The summed E-state index contributed by atoms with van der Waals surface area (Å²) in [5.74, 6) is 0.447. The molecule has 0 spiro atoms. The highest BCUT2D eigenvalue weighted by atomic mass is 35.5. The monoisotopic (exact) mass is 323 g/mol. The SMILES string of the molecule is NCC1CCN(S(=O)(=O)NCc2ccc(Cl)s2)CC1. The third kappa shape index (κ3) is 4.14. The fourth-order valence-corrected chi connectivity index (χ4v) is 4.42. The van der Waals surface area contributed by atoms with Crippen molar-refractivity contribution in [3.05, 3.63) is 21.3 Å². The fraction of sp³-hybridized carbons (Fsp3) is 0.636. The van der Waals surface area contributed by atoms with Crippen molar-refractivity contribution in [2.45, 2.75) is 19.4 Å². The van der Waals surface area contributed by atoms with Crippen molar-refractivity contribution >= 4 is 33.1 Å². The van der Waals surface area contributed by atoms with Crippen LogP contribution >= 0.6 is 22.9 Å². The summed E-state index contributed by atoms with van der Waals surface area (Å²) in [5.41, 5.74) is 5.60. The van der Waals surface area contributed by atoms with Gasteiger partial charge in [0, 0.05) is 24.5 Å². The van der Waals surface area contributed by atoms with Crippen molar-refractivity contribution in [2.75, 3.05) is 19.6 Å². The number of hydrogen-bond donors (Lipinski definition) is 2. The molecule has 1 aromatic rings. The Kier molecular flexibility index (Phi) is 5.22. The lowest BCUT2D eigenvalue weighted by Crippen LogP contribution is -2.45. The van der Waals surface area contributed by atoms with E-state index in [2.05, 4.69) is 4.72 Å². The summed E-state index contributed by atoms with van der Waals surface area (Å²) in [4.78, 5) is 0.908. The molecular formula is C11H18ClN3O2S2. The van der Waals surface area contributed by atoms with Gasteiger partial charge in [-0.05, 0) is 37.4 Å². The molecule has 0 unspecified atom stereocenters. The van der Waals surface area contributed by atoms with Crippen LogP contribution in [0.25, 0.3) is 0 Å². The molecule has 108 valence electrons. The Morgan fingerprint density at radius 1 is 1.42 bits per heavy atom. The van der Waals surface area contributed by atoms with Crippen LogP contribution in [0.1, 0.15) is 17.7 Å². The van der Waals surface area contributed by atoms with Crippen molar-refractivity contribution < 1.29 is 8.42 Å². The van der Waals surface area contributed by atoms with Crippen molar-refractivity contribution in [2.24, 2.45) is 11.7 Å². The molecule has 0 aromatic carbocycles. The quantitative estimate of drug-likeness (QED) is 0.860. The zero-order chi connectivity index (χ0) is 13.9. The summed E-state index contributed by atoms with van der Waals surface area (Å²) >= 11 is 7.19. The van der Waals surface area contributed by atoms with Gasteiger partial charge in [0.2, 0.25) is 0 Å². The molecule has 8 heteroatoms. The maximum absolute atomic E-state index is 12.1. The van der Waals surface area contributed by atoms with E-state index in [9.17, 15) is 8.42 Å². The molecule has 0 radical (unpaired) electrons. The number of rotatable bonds is 5. The van der Waals surface area contributed by atoms with Gasteiger partial charge in [-0.25, -0.2) is 0 Å². The Morgan fingerprint density at radius 3 is 2.63 bits per heavy atom. The summed E-state index contributed by atoms with van der Waals surface area (Å²) in [6.45, 7) is 2.01. The molecule has 19 heavy (non-hydrogen) atoms. The molecule has 1 aliphatic heterocycles. The molecule has 2 rings (SSSR count). The van der Waals surface area contributed by atoms with Gasteiger partial charge >= 0.3 is 0 Å². The second-order valence-corrected chi connectivity index (χ2v) is 8.16. The van der Waals surface area contributed by atoms with E-state index in [1.807, 2.05) is 6.07 Å². The highest BCUT2D eigenvalue weighted by Crippen LogP contribution is 2.22. The van der Waals surface area contributed by atoms with Crippen molar-refractivity contribution in [3.63, 3.8) is 0 Å². The van der Waals surface area contributed by atoms with Gasteiger partial charge in [-0.3, -0.25) is 0 Å². The maximum atomic E-state index is 12.1.